The zero-order valence-electron chi connectivity index (χ0n) is 18.6. The molecule has 0 fully saturated rings. The maximum Gasteiger partial charge on any atom is 0.266 e. The molecule has 3 aromatic carbocycles. The van der Waals surface area contributed by atoms with E-state index in [2.05, 4.69) is 5.32 Å². The third-order valence-electron chi connectivity index (χ3n) is 5.26. The lowest BCUT2D eigenvalue weighted by Crippen LogP contribution is -2.23. The summed E-state index contributed by atoms with van der Waals surface area (Å²) in [6.07, 6.45) is 0. The summed E-state index contributed by atoms with van der Waals surface area (Å²) in [5, 5.41) is 3.75. The number of aromatic nitrogens is 2. The Balaban J connectivity index is 1.70. The van der Waals surface area contributed by atoms with Crippen LogP contribution in [0.5, 0.6) is 0 Å². The van der Waals surface area contributed by atoms with Crippen LogP contribution in [0.25, 0.3) is 16.6 Å². The fourth-order valence-electron chi connectivity index (χ4n) is 3.60. The summed E-state index contributed by atoms with van der Waals surface area (Å²) in [6, 6.07) is 20.0. The van der Waals surface area contributed by atoms with Gasteiger partial charge in [-0.2, -0.15) is 0 Å². The van der Waals surface area contributed by atoms with Crippen molar-refractivity contribution in [2.24, 2.45) is 0 Å². The van der Waals surface area contributed by atoms with E-state index >= 15 is 0 Å². The maximum absolute atomic E-state index is 13.4. The number of thioether (sulfide) groups is 1. The molecule has 1 heterocycles. The molecule has 0 saturated carbocycles. The van der Waals surface area contributed by atoms with Gasteiger partial charge in [0.2, 0.25) is 5.91 Å². The van der Waals surface area contributed by atoms with Gasteiger partial charge < -0.3 is 5.32 Å². The van der Waals surface area contributed by atoms with Crippen LogP contribution in [0.15, 0.2) is 76.7 Å². The van der Waals surface area contributed by atoms with Crippen LogP contribution in [0.1, 0.15) is 28.4 Å². The zero-order valence-corrected chi connectivity index (χ0v) is 19.4. The maximum atomic E-state index is 13.4. The molecule has 6 nitrogen and oxygen atoms in total. The largest absolute Gasteiger partial charge is 0.325 e. The van der Waals surface area contributed by atoms with Crippen LogP contribution in [0.3, 0.4) is 0 Å². The molecule has 4 rings (SSSR count). The first-order valence-corrected chi connectivity index (χ1v) is 11.5. The minimum atomic E-state index is -0.288. The number of rotatable bonds is 6. The Hall–Kier alpha value is -3.71. The summed E-state index contributed by atoms with van der Waals surface area (Å²) in [5.74, 6) is -0.385. The number of benzene rings is 3. The van der Waals surface area contributed by atoms with Crippen LogP contribution in [-0.4, -0.2) is 27.0 Å². The molecule has 7 heteroatoms. The first-order chi connectivity index (χ1) is 15.8. The topological polar surface area (TPSA) is 81.1 Å². The molecule has 0 aliphatic rings. The summed E-state index contributed by atoms with van der Waals surface area (Å²) < 4.78 is 1.58. The molecule has 0 saturated heterocycles. The Kier molecular flexibility index (Phi) is 6.42. The number of nitrogens with zero attached hydrogens (tertiary/aromatic N) is 2. The fraction of sp³-hybridized carbons (Fsp3) is 0.154. The minimum Gasteiger partial charge on any atom is -0.325 e. The molecular weight excluding hydrogens is 434 g/mol. The number of Topliss-reactive ketones (excluding diaryl/α,β-unsaturated/α-hetero) is 1. The van der Waals surface area contributed by atoms with E-state index in [1.807, 2.05) is 44.2 Å². The van der Waals surface area contributed by atoms with Gasteiger partial charge in [0.05, 0.1) is 28.0 Å². The third kappa shape index (κ3) is 4.73. The lowest BCUT2D eigenvalue weighted by Gasteiger charge is -2.16. The molecule has 0 unspecified atom stereocenters. The van der Waals surface area contributed by atoms with Gasteiger partial charge in [0.1, 0.15) is 0 Å². The normalized spacial score (nSPS) is 10.9. The molecule has 0 aliphatic carbocycles. The molecule has 0 spiro atoms. The van der Waals surface area contributed by atoms with Gasteiger partial charge in [-0.05, 0) is 62.2 Å². The number of hydrogen-bond acceptors (Lipinski definition) is 5. The molecular formula is C26H23N3O3S. The number of amides is 1. The molecule has 1 N–H and O–H groups in total. The number of para-hydroxylation sites is 2. The van der Waals surface area contributed by atoms with E-state index in [1.165, 1.54) is 18.7 Å². The van der Waals surface area contributed by atoms with Crippen LogP contribution < -0.4 is 10.9 Å². The Morgan fingerprint density at radius 3 is 2.52 bits per heavy atom. The van der Waals surface area contributed by atoms with Crippen molar-refractivity contribution >= 4 is 40.0 Å². The minimum absolute atomic E-state index is 0.0296. The van der Waals surface area contributed by atoms with Crippen LogP contribution >= 0.6 is 11.8 Å². The predicted molar refractivity (Wildman–Crippen MR) is 133 cm³/mol. The molecule has 166 valence electrons. The van der Waals surface area contributed by atoms with Crippen molar-refractivity contribution in [2.75, 3.05) is 11.1 Å². The fourth-order valence-corrected chi connectivity index (χ4v) is 4.40. The monoisotopic (exact) mass is 457 g/mol. The Morgan fingerprint density at radius 2 is 1.73 bits per heavy atom. The van der Waals surface area contributed by atoms with Gasteiger partial charge in [-0.1, -0.05) is 48.2 Å². The van der Waals surface area contributed by atoms with Crippen LogP contribution in [-0.2, 0) is 4.79 Å². The van der Waals surface area contributed by atoms with Gasteiger partial charge in [0.15, 0.2) is 10.9 Å². The van der Waals surface area contributed by atoms with E-state index < -0.39 is 0 Å². The van der Waals surface area contributed by atoms with Crippen molar-refractivity contribution < 1.29 is 9.59 Å². The standard InChI is InChI=1S/C26H23N3O3S/c1-16-12-13-17(2)23(14-16)29-25(32)20-9-5-7-11-22(20)28-26(29)33-15-24(31)27-21-10-6-4-8-19(21)18(3)30/h4-14H,15H2,1-3H3,(H,27,31). The number of ketones is 1. The van der Waals surface area contributed by atoms with E-state index in [1.54, 1.807) is 41.0 Å². The summed E-state index contributed by atoms with van der Waals surface area (Å²) >= 11 is 1.18. The molecule has 1 aromatic heterocycles. The summed E-state index contributed by atoms with van der Waals surface area (Å²) in [7, 11) is 0. The van der Waals surface area contributed by atoms with Gasteiger partial charge in [-0.25, -0.2) is 4.98 Å². The average Bonchev–Trinajstić information content (AvgIpc) is 2.80. The van der Waals surface area contributed by atoms with Crippen molar-refractivity contribution in [3.05, 3.63) is 93.8 Å². The second-order valence-electron chi connectivity index (χ2n) is 7.78. The number of anilines is 1. The quantitative estimate of drug-likeness (QED) is 0.252. The average molecular weight is 458 g/mol. The highest BCUT2D eigenvalue weighted by Crippen LogP contribution is 2.24. The Bertz CT molecular complexity index is 1440. The molecule has 33 heavy (non-hydrogen) atoms. The van der Waals surface area contributed by atoms with Crippen molar-refractivity contribution in [3.63, 3.8) is 0 Å². The SMILES string of the molecule is CC(=O)c1ccccc1NC(=O)CSc1nc2ccccc2c(=O)n1-c1cc(C)ccc1C. The molecule has 1 amide bonds. The van der Waals surface area contributed by atoms with Gasteiger partial charge in [0.25, 0.3) is 5.56 Å². The number of hydrogen-bond donors (Lipinski definition) is 1. The van der Waals surface area contributed by atoms with Gasteiger partial charge in [-0.3, -0.25) is 19.0 Å². The second-order valence-corrected chi connectivity index (χ2v) is 8.72. The Labute approximate surface area is 195 Å². The van der Waals surface area contributed by atoms with E-state index in [-0.39, 0.29) is 23.0 Å². The highest BCUT2D eigenvalue weighted by atomic mass is 32.2. The van der Waals surface area contributed by atoms with E-state index in [4.69, 9.17) is 4.98 Å². The summed E-state index contributed by atoms with van der Waals surface area (Å²) in [4.78, 5) is 42.7. The molecule has 4 aromatic rings. The first kappa shape index (κ1) is 22.5. The molecule has 0 atom stereocenters. The second kappa shape index (κ2) is 9.42. The molecule has 0 radical (unpaired) electrons. The van der Waals surface area contributed by atoms with E-state index in [9.17, 15) is 14.4 Å². The molecule has 0 bridgehead atoms. The van der Waals surface area contributed by atoms with Crippen molar-refractivity contribution in [3.8, 4) is 5.69 Å². The molecule has 0 aliphatic heterocycles. The Morgan fingerprint density at radius 1 is 1.00 bits per heavy atom. The van der Waals surface area contributed by atoms with Crippen molar-refractivity contribution in [1.82, 2.24) is 9.55 Å². The number of aryl methyl sites for hydroxylation is 2. The highest BCUT2D eigenvalue weighted by molar-refractivity contribution is 7.99. The van der Waals surface area contributed by atoms with E-state index in [0.717, 1.165) is 16.8 Å². The first-order valence-electron chi connectivity index (χ1n) is 10.5. The number of carbonyl (C=O) groups excluding carboxylic acids is 2. The predicted octanol–water partition coefficient (Wildman–Crippen LogP) is 4.94. The van der Waals surface area contributed by atoms with Crippen molar-refractivity contribution in [2.45, 2.75) is 25.9 Å². The summed E-state index contributed by atoms with van der Waals surface area (Å²) in [5.41, 5.74) is 4.00. The van der Waals surface area contributed by atoms with Crippen LogP contribution in [0.2, 0.25) is 0 Å². The smallest absolute Gasteiger partial charge is 0.266 e. The van der Waals surface area contributed by atoms with Crippen LogP contribution in [0.4, 0.5) is 5.69 Å². The summed E-state index contributed by atoms with van der Waals surface area (Å²) in [6.45, 7) is 5.37. The zero-order chi connectivity index (χ0) is 23.5. The lowest BCUT2D eigenvalue weighted by atomic mass is 10.1. The van der Waals surface area contributed by atoms with Crippen molar-refractivity contribution in [1.29, 1.82) is 0 Å². The van der Waals surface area contributed by atoms with Gasteiger partial charge >= 0.3 is 0 Å². The highest BCUT2D eigenvalue weighted by Gasteiger charge is 2.17. The number of carbonyl (C=O) groups is 2. The third-order valence-corrected chi connectivity index (χ3v) is 6.20. The van der Waals surface area contributed by atoms with Gasteiger partial charge in [0, 0.05) is 5.56 Å². The lowest BCUT2D eigenvalue weighted by molar-refractivity contribution is -0.113. The van der Waals surface area contributed by atoms with E-state index in [0.29, 0.717) is 27.3 Å². The number of fused-ring (bicyclic) bond motifs is 1. The number of nitrogens with one attached hydrogen (secondary N) is 1. The van der Waals surface area contributed by atoms with Crippen LogP contribution in [0, 0.1) is 13.8 Å². The van der Waals surface area contributed by atoms with Gasteiger partial charge in [-0.15, -0.1) is 0 Å².